The molecule has 0 radical (unpaired) electrons. The minimum atomic E-state index is 0.559. The molecule has 0 amide bonds. The summed E-state index contributed by atoms with van der Waals surface area (Å²) in [5.74, 6) is 0.559. The second kappa shape index (κ2) is 4.54. The Kier molecular flexibility index (Phi) is 2.86. The van der Waals surface area contributed by atoms with Crippen LogP contribution in [0.4, 0.5) is 0 Å². The molecular weight excluding hydrogens is 232 g/mol. The molecule has 3 aromatic rings. The van der Waals surface area contributed by atoms with Crippen LogP contribution in [0.3, 0.4) is 0 Å². The quantitative estimate of drug-likeness (QED) is 0.656. The first-order chi connectivity index (χ1) is 9.16. The van der Waals surface area contributed by atoms with E-state index in [9.17, 15) is 0 Å². The highest BCUT2D eigenvalue weighted by Crippen LogP contribution is 2.23. The Morgan fingerprint density at radius 2 is 1.84 bits per heavy atom. The number of rotatable bonds is 2. The summed E-state index contributed by atoms with van der Waals surface area (Å²) in [6, 6.07) is 14.9. The van der Waals surface area contributed by atoms with Crippen molar-refractivity contribution in [2.75, 3.05) is 0 Å². The fourth-order valence-corrected chi connectivity index (χ4v) is 2.62. The van der Waals surface area contributed by atoms with E-state index in [1.807, 2.05) is 16.9 Å². The SMILES string of the molecule is Cc1cc(-n2ncc3ccccc32)ccc1C(C)C. The van der Waals surface area contributed by atoms with E-state index in [4.69, 9.17) is 0 Å². The molecule has 0 N–H and O–H groups in total. The monoisotopic (exact) mass is 250 g/mol. The third kappa shape index (κ3) is 2.03. The van der Waals surface area contributed by atoms with Gasteiger partial charge in [0, 0.05) is 5.39 Å². The van der Waals surface area contributed by atoms with Crippen molar-refractivity contribution in [3.8, 4) is 5.69 Å². The number of para-hydroxylation sites is 1. The van der Waals surface area contributed by atoms with Crippen LogP contribution in [0, 0.1) is 6.92 Å². The highest BCUT2D eigenvalue weighted by Gasteiger charge is 2.07. The number of hydrogen-bond acceptors (Lipinski definition) is 1. The van der Waals surface area contributed by atoms with Crippen LogP contribution in [0.1, 0.15) is 30.9 Å². The normalized spacial score (nSPS) is 11.4. The number of fused-ring (bicyclic) bond motifs is 1. The van der Waals surface area contributed by atoms with Gasteiger partial charge in [0.2, 0.25) is 0 Å². The molecule has 0 saturated carbocycles. The lowest BCUT2D eigenvalue weighted by Crippen LogP contribution is -1.99. The van der Waals surface area contributed by atoms with Crippen LogP contribution in [-0.2, 0) is 0 Å². The molecule has 3 rings (SSSR count). The third-order valence-corrected chi connectivity index (χ3v) is 3.60. The van der Waals surface area contributed by atoms with Gasteiger partial charge < -0.3 is 0 Å². The van der Waals surface area contributed by atoms with Crippen LogP contribution >= 0.6 is 0 Å². The Balaban J connectivity index is 2.14. The molecule has 2 nitrogen and oxygen atoms in total. The van der Waals surface area contributed by atoms with E-state index in [2.05, 4.69) is 62.3 Å². The van der Waals surface area contributed by atoms with Gasteiger partial charge in [0.05, 0.1) is 17.4 Å². The van der Waals surface area contributed by atoms with E-state index in [1.165, 1.54) is 16.5 Å². The first kappa shape index (κ1) is 12.0. The number of hydrogen-bond donors (Lipinski definition) is 0. The molecule has 1 heterocycles. The van der Waals surface area contributed by atoms with E-state index in [1.54, 1.807) is 0 Å². The van der Waals surface area contributed by atoms with E-state index < -0.39 is 0 Å². The Bertz CT molecular complexity index is 723. The van der Waals surface area contributed by atoms with Gasteiger partial charge in [-0.1, -0.05) is 38.1 Å². The van der Waals surface area contributed by atoms with Crippen LogP contribution < -0.4 is 0 Å². The molecular formula is C17H18N2. The van der Waals surface area contributed by atoms with Crippen molar-refractivity contribution >= 4 is 10.9 Å². The molecule has 0 fully saturated rings. The van der Waals surface area contributed by atoms with Crippen molar-refractivity contribution < 1.29 is 0 Å². The van der Waals surface area contributed by atoms with Gasteiger partial charge >= 0.3 is 0 Å². The molecule has 0 atom stereocenters. The molecule has 0 unspecified atom stereocenters. The predicted molar refractivity (Wildman–Crippen MR) is 79.9 cm³/mol. The van der Waals surface area contributed by atoms with E-state index in [-0.39, 0.29) is 0 Å². The molecule has 2 heteroatoms. The van der Waals surface area contributed by atoms with Crippen molar-refractivity contribution in [2.24, 2.45) is 0 Å². The van der Waals surface area contributed by atoms with Crippen LogP contribution in [0.5, 0.6) is 0 Å². The maximum Gasteiger partial charge on any atom is 0.0741 e. The number of benzene rings is 2. The summed E-state index contributed by atoms with van der Waals surface area (Å²) in [5, 5.41) is 5.67. The predicted octanol–water partition coefficient (Wildman–Crippen LogP) is 4.46. The van der Waals surface area contributed by atoms with Crippen molar-refractivity contribution in [1.82, 2.24) is 9.78 Å². The van der Waals surface area contributed by atoms with Crippen molar-refractivity contribution in [3.63, 3.8) is 0 Å². The van der Waals surface area contributed by atoms with Gasteiger partial charge in [0.25, 0.3) is 0 Å². The molecule has 1 aromatic heterocycles. The fourth-order valence-electron chi connectivity index (χ4n) is 2.62. The van der Waals surface area contributed by atoms with Crippen molar-refractivity contribution in [3.05, 3.63) is 59.8 Å². The van der Waals surface area contributed by atoms with Gasteiger partial charge in [-0.25, -0.2) is 4.68 Å². The van der Waals surface area contributed by atoms with Gasteiger partial charge in [-0.2, -0.15) is 5.10 Å². The lowest BCUT2D eigenvalue weighted by molar-refractivity contribution is 0.849. The van der Waals surface area contributed by atoms with Crippen LogP contribution in [0.2, 0.25) is 0 Å². The Morgan fingerprint density at radius 3 is 2.58 bits per heavy atom. The molecule has 0 aliphatic heterocycles. The summed E-state index contributed by atoms with van der Waals surface area (Å²) in [6.45, 7) is 6.63. The van der Waals surface area contributed by atoms with Crippen molar-refractivity contribution in [2.45, 2.75) is 26.7 Å². The second-order valence-electron chi connectivity index (χ2n) is 5.31. The number of aryl methyl sites for hydroxylation is 1. The average Bonchev–Trinajstić information content (AvgIpc) is 2.82. The maximum absolute atomic E-state index is 4.50. The molecule has 0 saturated heterocycles. The summed E-state index contributed by atoms with van der Waals surface area (Å²) in [5.41, 5.74) is 5.01. The molecule has 0 aliphatic carbocycles. The average molecular weight is 250 g/mol. The highest BCUT2D eigenvalue weighted by atomic mass is 15.3. The van der Waals surface area contributed by atoms with Crippen molar-refractivity contribution in [1.29, 1.82) is 0 Å². The van der Waals surface area contributed by atoms with Crippen LogP contribution in [0.25, 0.3) is 16.6 Å². The van der Waals surface area contributed by atoms with E-state index in [0.717, 1.165) is 11.2 Å². The zero-order valence-electron chi connectivity index (χ0n) is 11.6. The zero-order valence-corrected chi connectivity index (χ0v) is 11.6. The first-order valence-corrected chi connectivity index (χ1v) is 6.70. The number of aromatic nitrogens is 2. The minimum Gasteiger partial charge on any atom is -0.233 e. The Labute approximate surface area is 113 Å². The van der Waals surface area contributed by atoms with Gasteiger partial charge in [-0.3, -0.25) is 0 Å². The summed E-state index contributed by atoms with van der Waals surface area (Å²) < 4.78 is 2.01. The zero-order chi connectivity index (χ0) is 13.4. The molecule has 2 aromatic carbocycles. The lowest BCUT2D eigenvalue weighted by atomic mass is 9.98. The molecule has 96 valence electrons. The summed E-state index contributed by atoms with van der Waals surface area (Å²) in [7, 11) is 0. The summed E-state index contributed by atoms with van der Waals surface area (Å²) >= 11 is 0. The second-order valence-corrected chi connectivity index (χ2v) is 5.31. The topological polar surface area (TPSA) is 17.8 Å². The van der Waals surface area contributed by atoms with E-state index in [0.29, 0.717) is 5.92 Å². The summed E-state index contributed by atoms with van der Waals surface area (Å²) in [4.78, 5) is 0. The minimum absolute atomic E-state index is 0.559. The molecule has 0 bridgehead atoms. The molecule has 0 aliphatic rings. The smallest absolute Gasteiger partial charge is 0.0741 e. The Hall–Kier alpha value is -2.09. The molecule has 0 spiro atoms. The van der Waals surface area contributed by atoms with Gasteiger partial charge in [-0.15, -0.1) is 0 Å². The Morgan fingerprint density at radius 1 is 1.05 bits per heavy atom. The molecule has 19 heavy (non-hydrogen) atoms. The first-order valence-electron chi connectivity index (χ1n) is 6.70. The van der Waals surface area contributed by atoms with Crippen LogP contribution in [0.15, 0.2) is 48.7 Å². The van der Waals surface area contributed by atoms with E-state index >= 15 is 0 Å². The van der Waals surface area contributed by atoms with Gasteiger partial charge in [0.15, 0.2) is 0 Å². The highest BCUT2D eigenvalue weighted by molar-refractivity contribution is 5.80. The lowest BCUT2D eigenvalue weighted by Gasteiger charge is -2.12. The fraction of sp³-hybridized carbons (Fsp3) is 0.235. The van der Waals surface area contributed by atoms with Crippen LogP contribution in [-0.4, -0.2) is 9.78 Å². The number of nitrogens with zero attached hydrogens (tertiary/aromatic N) is 2. The van der Waals surface area contributed by atoms with Gasteiger partial charge in [-0.05, 0) is 42.2 Å². The van der Waals surface area contributed by atoms with Gasteiger partial charge in [0.1, 0.15) is 0 Å². The largest absolute Gasteiger partial charge is 0.233 e. The maximum atomic E-state index is 4.50. The standard InChI is InChI=1S/C17H18N2/c1-12(2)16-9-8-15(10-13(16)3)19-17-7-5-4-6-14(17)11-18-19/h4-12H,1-3H3. The summed E-state index contributed by atoms with van der Waals surface area (Å²) in [6.07, 6.45) is 1.92. The third-order valence-electron chi connectivity index (χ3n) is 3.60.